The number of hydrogen-bond donors (Lipinski definition) is 1. The normalized spacial score (nSPS) is 9.83. The molecule has 0 spiro atoms. The minimum atomic E-state index is -0.576. The Balaban J connectivity index is 3.52. The van der Waals surface area contributed by atoms with Crippen molar-refractivity contribution in [2.45, 2.75) is 6.92 Å². The highest BCUT2D eigenvalue weighted by molar-refractivity contribution is 5.91. The van der Waals surface area contributed by atoms with Gasteiger partial charge in [-0.15, -0.1) is 0 Å². The lowest BCUT2D eigenvalue weighted by Crippen LogP contribution is -2.33. The van der Waals surface area contributed by atoms with Gasteiger partial charge in [0.2, 0.25) is 0 Å². The van der Waals surface area contributed by atoms with E-state index in [4.69, 9.17) is 0 Å². The van der Waals surface area contributed by atoms with Crippen LogP contribution < -0.4 is 11.2 Å². The molecule has 0 aromatic carbocycles. The Labute approximate surface area is 67.7 Å². The van der Waals surface area contributed by atoms with Gasteiger partial charge in [0.05, 0.1) is 5.69 Å². The van der Waals surface area contributed by atoms with Crippen LogP contribution in [0.4, 0.5) is 0 Å². The molecule has 1 aromatic heterocycles. The van der Waals surface area contributed by atoms with Gasteiger partial charge in [0.1, 0.15) is 0 Å². The van der Waals surface area contributed by atoms with Gasteiger partial charge < -0.3 is 4.98 Å². The Morgan fingerprint density at radius 2 is 2.08 bits per heavy atom. The summed E-state index contributed by atoms with van der Waals surface area (Å²) in [6.07, 6.45) is 0. The van der Waals surface area contributed by atoms with Crippen molar-refractivity contribution in [2.24, 2.45) is 7.05 Å². The molecule has 1 aromatic rings. The van der Waals surface area contributed by atoms with Crippen LogP contribution in [0.2, 0.25) is 0 Å². The minimum absolute atomic E-state index is 0.0445. The van der Waals surface area contributed by atoms with Gasteiger partial charge in [-0.1, -0.05) is 0 Å². The Morgan fingerprint density at radius 1 is 1.50 bits per heavy atom. The van der Waals surface area contributed by atoms with Crippen molar-refractivity contribution in [3.05, 3.63) is 32.6 Å². The van der Waals surface area contributed by atoms with Crippen LogP contribution in [0.1, 0.15) is 17.4 Å². The van der Waals surface area contributed by atoms with Gasteiger partial charge in [0.15, 0.2) is 5.78 Å². The molecule has 5 heteroatoms. The second-order valence-electron chi connectivity index (χ2n) is 2.44. The lowest BCUT2D eigenvalue weighted by molar-refractivity contribution is 0.101. The fourth-order valence-electron chi connectivity index (χ4n) is 0.745. The molecule has 0 bridgehead atoms. The maximum absolute atomic E-state index is 11.0. The minimum Gasteiger partial charge on any atom is -0.304 e. The number of ketones is 1. The zero-order valence-corrected chi connectivity index (χ0v) is 6.75. The number of H-pyrrole nitrogens is 1. The van der Waals surface area contributed by atoms with E-state index >= 15 is 0 Å². The molecule has 0 atom stereocenters. The van der Waals surface area contributed by atoms with Gasteiger partial charge in [-0.2, -0.15) is 0 Å². The van der Waals surface area contributed by atoms with E-state index in [0.717, 1.165) is 10.6 Å². The predicted octanol–water partition coefficient (Wildman–Crippen LogP) is -0.724. The molecule has 0 fully saturated rings. The number of nitrogens with zero attached hydrogens (tertiary/aromatic N) is 1. The first-order chi connectivity index (χ1) is 5.52. The van der Waals surface area contributed by atoms with Crippen LogP contribution >= 0.6 is 0 Å². The number of aromatic amines is 1. The lowest BCUT2D eigenvalue weighted by Gasteiger charge is -1.96. The number of carbonyl (C=O) groups excluding carboxylic acids is 1. The van der Waals surface area contributed by atoms with Crippen molar-refractivity contribution in [1.82, 2.24) is 9.55 Å². The van der Waals surface area contributed by atoms with E-state index in [2.05, 4.69) is 4.98 Å². The van der Waals surface area contributed by atoms with E-state index in [0.29, 0.717) is 0 Å². The summed E-state index contributed by atoms with van der Waals surface area (Å²) in [5, 5.41) is 0. The molecule has 1 rings (SSSR count). The highest BCUT2D eigenvalue weighted by Crippen LogP contribution is 1.85. The zero-order chi connectivity index (χ0) is 9.30. The standard InChI is InChI=1S/C7H8N2O3/c1-4(10)5-3-6(11)9(2)7(12)8-5/h3H,1-2H3,(H,8,12). The third-order valence-electron chi connectivity index (χ3n) is 1.52. The Kier molecular flexibility index (Phi) is 1.95. The molecule has 0 saturated heterocycles. The van der Waals surface area contributed by atoms with Crippen LogP contribution in [-0.4, -0.2) is 15.3 Å². The molecule has 64 valence electrons. The number of carbonyl (C=O) groups is 1. The second kappa shape index (κ2) is 2.77. The van der Waals surface area contributed by atoms with E-state index in [1.54, 1.807) is 0 Å². The molecule has 0 aliphatic rings. The summed E-state index contributed by atoms with van der Waals surface area (Å²) in [6.45, 7) is 1.28. The topological polar surface area (TPSA) is 71.9 Å². The van der Waals surface area contributed by atoms with Crippen LogP contribution in [0, 0.1) is 0 Å². The summed E-state index contributed by atoms with van der Waals surface area (Å²) in [6, 6.07) is 1.10. The van der Waals surface area contributed by atoms with Crippen molar-refractivity contribution < 1.29 is 4.79 Å². The van der Waals surface area contributed by atoms with Gasteiger partial charge >= 0.3 is 5.69 Å². The van der Waals surface area contributed by atoms with Gasteiger partial charge in [-0.3, -0.25) is 14.2 Å². The molecule has 1 N–H and O–H groups in total. The smallest absolute Gasteiger partial charge is 0.304 e. The maximum atomic E-state index is 11.0. The van der Waals surface area contributed by atoms with Gasteiger partial charge in [0, 0.05) is 20.0 Å². The molecular weight excluding hydrogens is 160 g/mol. The predicted molar refractivity (Wildman–Crippen MR) is 42.3 cm³/mol. The SMILES string of the molecule is CC(=O)c1cc(=O)n(C)c(=O)[nH]1. The van der Waals surface area contributed by atoms with Crippen molar-refractivity contribution in [1.29, 1.82) is 0 Å². The quantitative estimate of drug-likeness (QED) is 0.562. The average Bonchev–Trinajstić information content (AvgIpc) is 1.99. The first-order valence-electron chi connectivity index (χ1n) is 3.33. The second-order valence-corrected chi connectivity index (χ2v) is 2.44. The summed E-state index contributed by atoms with van der Waals surface area (Å²) in [5.41, 5.74) is -1.01. The summed E-state index contributed by atoms with van der Waals surface area (Å²) < 4.78 is 0.895. The third-order valence-corrected chi connectivity index (χ3v) is 1.52. The van der Waals surface area contributed by atoms with Crippen molar-refractivity contribution in [3.8, 4) is 0 Å². The molecule has 0 aliphatic heterocycles. The first kappa shape index (κ1) is 8.45. The molecule has 0 saturated carbocycles. The van der Waals surface area contributed by atoms with Crippen molar-refractivity contribution >= 4 is 5.78 Å². The van der Waals surface area contributed by atoms with E-state index in [1.807, 2.05) is 0 Å². The summed E-state index contributed by atoms with van der Waals surface area (Å²) in [7, 11) is 1.34. The lowest BCUT2D eigenvalue weighted by atomic mass is 10.3. The molecular formula is C7H8N2O3. The van der Waals surface area contributed by atoms with Crippen molar-refractivity contribution in [3.63, 3.8) is 0 Å². The molecule has 5 nitrogen and oxygen atoms in total. The van der Waals surface area contributed by atoms with Crippen LogP contribution in [0.25, 0.3) is 0 Å². The van der Waals surface area contributed by atoms with E-state index in [9.17, 15) is 14.4 Å². The largest absolute Gasteiger partial charge is 0.328 e. The molecule has 0 amide bonds. The number of Topliss-reactive ketones (excluding diaryl/α,β-unsaturated/α-hetero) is 1. The number of rotatable bonds is 1. The van der Waals surface area contributed by atoms with Crippen LogP contribution in [0.3, 0.4) is 0 Å². The summed E-state index contributed by atoms with van der Waals surface area (Å²) in [5.74, 6) is -0.329. The Bertz CT molecular complexity index is 396. The first-order valence-corrected chi connectivity index (χ1v) is 3.33. The zero-order valence-electron chi connectivity index (χ0n) is 6.75. The summed E-state index contributed by atoms with van der Waals surface area (Å²) >= 11 is 0. The van der Waals surface area contributed by atoms with Gasteiger partial charge in [0.25, 0.3) is 5.56 Å². The van der Waals surface area contributed by atoms with E-state index in [1.165, 1.54) is 14.0 Å². The Hall–Kier alpha value is -1.65. The van der Waals surface area contributed by atoms with Crippen LogP contribution in [0.15, 0.2) is 15.7 Å². The van der Waals surface area contributed by atoms with Crippen molar-refractivity contribution in [2.75, 3.05) is 0 Å². The highest BCUT2D eigenvalue weighted by Gasteiger charge is 2.03. The molecule has 12 heavy (non-hydrogen) atoms. The monoisotopic (exact) mass is 168 g/mol. The number of nitrogens with one attached hydrogen (secondary N) is 1. The van der Waals surface area contributed by atoms with Crippen LogP contribution in [-0.2, 0) is 7.05 Å². The molecule has 0 radical (unpaired) electrons. The van der Waals surface area contributed by atoms with Gasteiger partial charge in [-0.25, -0.2) is 4.79 Å². The number of hydrogen-bond acceptors (Lipinski definition) is 3. The highest BCUT2D eigenvalue weighted by atomic mass is 16.2. The fraction of sp³-hybridized carbons (Fsp3) is 0.286. The fourth-order valence-corrected chi connectivity index (χ4v) is 0.745. The number of aromatic nitrogens is 2. The van der Waals surface area contributed by atoms with E-state index < -0.39 is 11.2 Å². The molecule has 0 unspecified atom stereocenters. The third kappa shape index (κ3) is 1.34. The van der Waals surface area contributed by atoms with Crippen LogP contribution in [0.5, 0.6) is 0 Å². The van der Waals surface area contributed by atoms with E-state index in [-0.39, 0.29) is 11.5 Å². The molecule has 1 heterocycles. The Morgan fingerprint density at radius 3 is 2.50 bits per heavy atom. The van der Waals surface area contributed by atoms with Gasteiger partial charge in [-0.05, 0) is 0 Å². The molecule has 0 aliphatic carbocycles. The summed E-state index contributed by atoms with van der Waals surface area (Å²) in [4.78, 5) is 34.9. The maximum Gasteiger partial charge on any atom is 0.328 e. The average molecular weight is 168 g/mol.